The zero-order chi connectivity index (χ0) is 13.2. The number of amides is 1. The molecule has 1 atom stereocenters. The fraction of sp³-hybridized carbons (Fsp3) is 0.933. The van der Waals surface area contributed by atoms with Crippen LogP contribution in [0.2, 0.25) is 0 Å². The van der Waals surface area contributed by atoms with E-state index in [1.807, 2.05) is 0 Å². The van der Waals surface area contributed by atoms with Crippen molar-refractivity contribution in [2.75, 3.05) is 6.54 Å². The first-order chi connectivity index (χ1) is 8.72. The Morgan fingerprint density at radius 3 is 2.39 bits per heavy atom. The summed E-state index contributed by atoms with van der Waals surface area (Å²) in [5.41, 5.74) is 0. The SMILES string of the molecule is CCC(C)NC(=O)CCNC1CCCCCCC1. The lowest BCUT2D eigenvalue weighted by Crippen LogP contribution is -2.36. The fourth-order valence-electron chi connectivity index (χ4n) is 2.50. The van der Waals surface area contributed by atoms with Crippen molar-refractivity contribution in [3.05, 3.63) is 0 Å². The molecule has 1 amide bonds. The van der Waals surface area contributed by atoms with Gasteiger partial charge in [-0.15, -0.1) is 0 Å². The van der Waals surface area contributed by atoms with Gasteiger partial charge in [0.1, 0.15) is 0 Å². The molecule has 1 rings (SSSR count). The number of carbonyl (C=O) groups is 1. The summed E-state index contributed by atoms with van der Waals surface area (Å²) in [6, 6.07) is 0.945. The van der Waals surface area contributed by atoms with E-state index in [4.69, 9.17) is 0 Å². The largest absolute Gasteiger partial charge is 0.354 e. The van der Waals surface area contributed by atoms with Gasteiger partial charge in [-0.25, -0.2) is 0 Å². The monoisotopic (exact) mass is 254 g/mol. The Balaban J connectivity index is 2.09. The Hall–Kier alpha value is -0.570. The maximum absolute atomic E-state index is 11.6. The number of nitrogens with one attached hydrogen (secondary N) is 2. The second-order valence-corrected chi connectivity index (χ2v) is 5.62. The Morgan fingerprint density at radius 1 is 1.17 bits per heavy atom. The molecule has 0 spiro atoms. The summed E-state index contributed by atoms with van der Waals surface area (Å²) in [6.07, 6.45) is 11.0. The van der Waals surface area contributed by atoms with E-state index in [1.165, 1.54) is 44.9 Å². The first-order valence-electron chi connectivity index (χ1n) is 7.75. The minimum absolute atomic E-state index is 0.183. The molecule has 0 aromatic carbocycles. The molecule has 18 heavy (non-hydrogen) atoms. The quantitative estimate of drug-likeness (QED) is 0.765. The van der Waals surface area contributed by atoms with Crippen LogP contribution in [0.15, 0.2) is 0 Å². The molecule has 0 aromatic heterocycles. The molecule has 3 heteroatoms. The van der Waals surface area contributed by atoms with Gasteiger partial charge in [-0.3, -0.25) is 4.79 Å². The van der Waals surface area contributed by atoms with Gasteiger partial charge in [0.2, 0.25) is 5.91 Å². The van der Waals surface area contributed by atoms with Crippen LogP contribution in [0.1, 0.15) is 71.6 Å². The van der Waals surface area contributed by atoms with E-state index in [1.54, 1.807) is 0 Å². The topological polar surface area (TPSA) is 41.1 Å². The highest BCUT2D eigenvalue weighted by molar-refractivity contribution is 5.76. The molecule has 0 aliphatic heterocycles. The Labute approximate surface area is 112 Å². The number of rotatable bonds is 6. The maximum Gasteiger partial charge on any atom is 0.221 e. The van der Waals surface area contributed by atoms with Crippen LogP contribution in [-0.4, -0.2) is 24.5 Å². The Kier molecular flexibility index (Phi) is 8.06. The average Bonchev–Trinajstić information content (AvgIpc) is 2.31. The highest BCUT2D eigenvalue weighted by atomic mass is 16.1. The van der Waals surface area contributed by atoms with E-state index >= 15 is 0 Å². The molecule has 2 N–H and O–H groups in total. The van der Waals surface area contributed by atoms with Gasteiger partial charge in [-0.2, -0.15) is 0 Å². The molecular formula is C15H30N2O. The normalized spacial score (nSPS) is 19.9. The molecule has 1 fully saturated rings. The van der Waals surface area contributed by atoms with Crippen molar-refractivity contribution in [2.24, 2.45) is 0 Å². The third-order valence-electron chi connectivity index (χ3n) is 3.91. The van der Waals surface area contributed by atoms with Gasteiger partial charge in [0.15, 0.2) is 0 Å². The molecule has 0 radical (unpaired) electrons. The molecule has 1 saturated carbocycles. The molecule has 1 unspecified atom stereocenters. The van der Waals surface area contributed by atoms with E-state index in [0.717, 1.165) is 13.0 Å². The van der Waals surface area contributed by atoms with Gasteiger partial charge in [0.05, 0.1) is 0 Å². The summed E-state index contributed by atoms with van der Waals surface area (Å²) < 4.78 is 0. The molecule has 0 heterocycles. The molecule has 0 bridgehead atoms. The van der Waals surface area contributed by atoms with Crippen molar-refractivity contribution in [3.63, 3.8) is 0 Å². The summed E-state index contributed by atoms with van der Waals surface area (Å²) >= 11 is 0. The standard InChI is InChI=1S/C15H30N2O/c1-3-13(2)17-15(18)11-12-16-14-9-7-5-4-6-8-10-14/h13-14,16H,3-12H2,1-2H3,(H,17,18). The van der Waals surface area contributed by atoms with Crippen LogP contribution >= 0.6 is 0 Å². The van der Waals surface area contributed by atoms with Gasteiger partial charge in [0.25, 0.3) is 0 Å². The van der Waals surface area contributed by atoms with Gasteiger partial charge in [0, 0.05) is 25.0 Å². The third-order valence-corrected chi connectivity index (χ3v) is 3.91. The van der Waals surface area contributed by atoms with Gasteiger partial charge < -0.3 is 10.6 Å². The van der Waals surface area contributed by atoms with Gasteiger partial charge in [-0.05, 0) is 26.2 Å². The molecule has 1 aliphatic rings. The third kappa shape index (κ3) is 7.00. The van der Waals surface area contributed by atoms with Crippen molar-refractivity contribution in [3.8, 4) is 0 Å². The lowest BCUT2D eigenvalue weighted by molar-refractivity contribution is -0.121. The first kappa shape index (κ1) is 15.5. The zero-order valence-corrected chi connectivity index (χ0v) is 12.1. The van der Waals surface area contributed by atoms with Crippen molar-refractivity contribution >= 4 is 5.91 Å². The molecule has 106 valence electrons. The van der Waals surface area contributed by atoms with E-state index in [9.17, 15) is 4.79 Å². The lowest BCUT2D eigenvalue weighted by Gasteiger charge is -2.21. The Bertz CT molecular complexity index is 223. The molecule has 3 nitrogen and oxygen atoms in total. The predicted octanol–water partition coefficient (Wildman–Crippen LogP) is 2.99. The zero-order valence-electron chi connectivity index (χ0n) is 12.1. The van der Waals surface area contributed by atoms with Crippen molar-refractivity contribution < 1.29 is 4.79 Å². The summed E-state index contributed by atoms with van der Waals surface area (Å²) in [5.74, 6) is 0.183. The summed E-state index contributed by atoms with van der Waals surface area (Å²) in [4.78, 5) is 11.6. The Morgan fingerprint density at radius 2 is 1.78 bits per heavy atom. The number of carbonyl (C=O) groups excluding carboxylic acids is 1. The average molecular weight is 254 g/mol. The van der Waals surface area contributed by atoms with E-state index < -0.39 is 0 Å². The lowest BCUT2D eigenvalue weighted by atomic mass is 9.97. The van der Waals surface area contributed by atoms with E-state index in [2.05, 4.69) is 24.5 Å². The van der Waals surface area contributed by atoms with E-state index in [-0.39, 0.29) is 5.91 Å². The van der Waals surface area contributed by atoms with Crippen molar-refractivity contribution in [1.29, 1.82) is 0 Å². The number of hydrogen-bond donors (Lipinski definition) is 2. The van der Waals surface area contributed by atoms with Crippen LogP contribution in [0.5, 0.6) is 0 Å². The van der Waals surface area contributed by atoms with Gasteiger partial charge >= 0.3 is 0 Å². The molecule has 0 saturated heterocycles. The van der Waals surface area contributed by atoms with E-state index in [0.29, 0.717) is 18.5 Å². The molecular weight excluding hydrogens is 224 g/mol. The second kappa shape index (κ2) is 9.37. The molecule has 1 aliphatic carbocycles. The molecule has 0 aromatic rings. The van der Waals surface area contributed by atoms with Crippen LogP contribution in [0, 0.1) is 0 Å². The second-order valence-electron chi connectivity index (χ2n) is 5.62. The van der Waals surface area contributed by atoms with Crippen LogP contribution in [0.25, 0.3) is 0 Å². The summed E-state index contributed by atoms with van der Waals surface area (Å²) in [6.45, 7) is 4.98. The predicted molar refractivity (Wildman–Crippen MR) is 76.6 cm³/mol. The van der Waals surface area contributed by atoms with Crippen LogP contribution in [0.4, 0.5) is 0 Å². The minimum Gasteiger partial charge on any atom is -0.354 e. The number of hydrogen-bond acceptors (Lipinski definition) is 2. The summed E-state index contributed by atoms with van der Waals surface area (Å²) in [7, 11) is 0. The van der Waals surface area contributed by atoms with Crippen molar-refractivity contribution in [1.82, 2.24) is 10.6 Å². The maximum atomic E-state index is 11.6. The van der Waals surface area contributed by atoms with Crippen LogP contribution < -0.4 is 10.6 Å². The highest BCUT2D eigenvalue weighted by Crippen LogP contribution is 2.16. The van der Waals surface area contributed by atoms with Crippen LogP contribution in [0.3, 0.4) is 0 Å². The van der Waals surface area contributed by atoms with Gasteiger partial charge in [-0.1, -0.05) is 39.0 Å². The highest BCUT2D eigenvalue weighted by Gasteiger charge is 2.11. The smallest absolute Gasteiger partial charge is 0.221 e. The first-order valence-corrected chi connectivity index (χ1v) is 7.75. The van der Waals surface area contributed by atoms with Crippen LogP contribution in [-0.2, 0) is 4.79 Å². The summed E-state index contributed by atoms with van der Waals surface area (Å²) in [5, 5.41) is 6.56. The fourth-order valence-corrected chi connectivity index (χ4v) is 2.50. The minimum atomic E-state index is 0.183. The van der Waals surface area contributed by atoms with Crippen molar-refractivity contribution in [2.45, 2.75) is 83.7 Å².